The molecule has 2 heterocycles. The summed E-state index contributed by atoms with van der Waals surface area (Å²) in [7, 11) is 1.82. The van der Waals surface area contributed by atoms with E-state index in [-0.39, 0.29) is 0 Å². The minimum absolute atomic E-state index is 0.308. The number of amides is 2. The van der Waals surface area contributed by atoms with E-state index in [1.807, 2.05) is 13.1 Å². The van der Waals surface area contributed by atoms with Crippen LogP contribution in [-0.2, 0) is 11.8 Å². The molecule has 0 aliphatic carbocycles. The fourth-order valence-electron chi connectivity index (χ4n) is 2.36. The van der Waals surface area contributed by atoms with Crippen molar-refractivity contribution in [1.82, 2.24) is 19.9 Å². The molecule has 0 radical (unpaired) electrons. The van der Waals surface area contributed by atoms with E-state index in [2.05, 4.69) is 31.2 Å². The summed E-state index contributed by atoms with van der Waals surface area (Å²) in [5, 5.41) is 2.64. The standard InChI is InChI=1S/C16H14BrN5O2/c1-22-8-20-12-6-10(7-19-15(12)22)16(24)21-13(14(18)23)9-3-2-4-11(17)5-9/h2-8,13H,1H3,(H2,18,23)(H,21,24). The highest BCUT2D eigenvalue weighted by Crippen LogP contribution is 2.19. The first-order valence-corrected chi connectivity index (χ1v) is 7.87. The third kappa shape index (κ3) is 3.13. The second-order valence-corrected chi connectivity index (χ2v) is 6.20. The monoisotopic (exact) mass is 387 g/mol. The second-order valence-electron chi connectivity index (χ2n) is 5.29. The van der Waals surface area contributed by atoms with Gasteiger partial charge < -0.3 is 15.6 Å². The van der Waals surface area contributed by atoms with Gasteiger partial charge in [0.25, 0.3) is 5.91 Å². The fourth-order valence-corrected chi connectivity index (χ4v) is 2.78. The molecule has 8 heteroatoms. The Morgan fingerprint density at radius 1 is 1.29 bits per heavy atom. The molecule has 1 unspecified atom stereocenters. The zero-order chi connectivity index (χ0) is 17.3. The molecule has 0 bridgehead atoms. The summed E-state index contributed by atoms with van der Waals surface area (Å²) in [5.41, 5.74) is 7.61. The molecule has 24 heavy (non-hydrogen) atoms. The molecule has 2 aromatic heterocycles. The van der Waals surface area contributed by atoms with E-state index in [0.29, 0.717) is 22.3 Å². The minimum atomic E-state index is -0.936. The summed E-state index contributed by atoms with van der Waals surface area (Å²) < 4.78 is 2.54. The van der Waals surface area contributed by atoms with Crippen LogP contribution in [0.1, 0.15) is 22.0 Å². The van der Waals surface area contributed by atoms with Crippen LogP contribution in [0.2, 0.25) is 0 Å². The molecule has 3 N–H and O–H groups in total. The number of nitrogens with zero attached hydrogens (tertiary/aromatic N) is 3. The molecular formula is C16H14BrN5O2. The number of halogens is 1. The number of carbonyl (C=O) groups is 2. The predicted molar refractivity (Wildman–Crippen MR) is 92.1 cm³/mol. The maximum atomic E-state index is 12.5. The number of hydrogen-bond acceptors (Lipinski definition) is 4. The highest BCUT2D eigenvalue weighted by Gasteiger charge is 2.21. The maximum Gasteiger partial charge on any atom is 0.253 e. The van der Waals surface area contributed by atoms with Crippen molar-refractivity contribution < 1.29 is 9.59 Å². The normalized spacial score (nSPS) is 12.1. The van der Waals surface area contributed by atoms with E-state index in [0.717, 1.165) is 4.47 Å². The third-order valence-corrected chi connectivity index (χ3v) is 4.05. The van der Waals surface area contributed by atoms with E-state index in [1.54, 1.807) is 35.2 Å². The first-order chi connectivity index (χ1) is 11.5. The number of aryl methyl sites for hydroxylation is 1. The molecule has 2 amide bonds. The minimum Gasteiger partial charge on any atom is -0.368 e. The number of pyridine rings is 1. The van der Waals surface area contributed by atoms with Gasteiger partial charge in [-0.25, -0.2) is 9.97 Å². The van der Waals surface area contributed by atoms with Gasteiger partial charge in [-0.15, -0.1) is 0 Å². The Balaban J connectivity index is 1.88. The lowest BCUT2D eigenvalue weighted by molar-refractivity contribution is -0.120. The van der Waals surface area contributed by atoms with Gasteiger partial charge in [0, 0.05) is 17.7 Å². The maximum absolute atomic E-state index is 12.5. The number of hydrogen-bond donors (Lipinski definition) is 2. The lowest BCUT2D eigenvalue weighted by atomic mass is 10.1. The highest BCUT2D eigenvalue weighted by molar-refractivity contribution is 9.10. The van der Waals surface area contributed by atoms with Crippen molar-refractivity contribution in [2.75, 3.05) is 0 Å². The Labute approximate surface area is 146 Å². The molecule has 0 saturated carbocycles. The van der Waals surface area contributed by atoms with Crippen LogP contribution in [0.15, 0.2) is 47.3 Å². The van der Waals surface area contributed by atoms with Gasteiger partial charge in [-0.3, -0.25) is 9.59 Å². The van der Waals surface area contributed by atoms with E-state index in [1.165, 1.54) is 6.20 Å². The quantitative estimate of drug-likeness (QED) is 0.710. The van der Waals surface area contributed by atoms with Crippen molar-refractivity contribution in [2.45, 2.75) is 6.04 Å². The van der Waals surface area contributed by atoms with Crippen LogP contribution in [0, 0.1) is 0 Å². The SMILES string of the molecule is Cn1cnc2cc(C(=O)NC(C(N)=O)c3cccc(Br)c3)cnc21. The van der Waals surface area contributed by atoms with Crippen molar-refractivity contribution >= 4 is 38.9 Å². The topological polar surface area (TPSA) is 103 Å². The summed E-state index contributed by atoms with van der Waals surface area (Å²) in [6.45, 7) is 0. The van der Waals surface area contributed by atoms with Crippen LogP contribution >= 0.6 is 15.9 Å². The lowest BCUT2D eigenvalue weighted by Crippen LogP contribution is -2.37. The summed E-state index contributed by atoms with van der Waals surface area (Å²) >= 11 is 3.33. The summed E-state index contributed by atoms with van der Waals surface area (Å²) in [5.74, 6) is -1.09. The van der Waals surface area contributed by atoms with Crippen LogP contribution in [0.25, 0.3) is 11.2 Å². The first kappa shape index (κ1) is 16.1. The number of nitrogens with one attached hydrogen (secondary N) is 1. The van der Waals surface area contributed by atoms with Crippen LogP contribution in [0.3, 0.4) is 0 Å². The van der Waals surface area contributed by atoms with Gasteiger partial charge in [0.05, 0.1) is 11.9 Å². The van der Waals surface area contributed by atoms with E-state index in [4.69, 9.17) is 5.73 Å². The zero-order valence-corrected chi connectivity index (χ0v) is 14.3. The molecule has 7 nitrogen and oxygen atoms in total. The Bertz CT molecular complexity index is 937. The molecule has 3 rings (SSSR count). The lowest BCUT2D eigenvalue weighted by Gasteiger charge is -2.16. The van der Waals surface area contributed by atoms with E-state index >= 15 is 0 Å². The number of fused-ring (bicyclic) bond motifs is 1. The zero-order valence-electron chi connectivity index (χ0n) is 12.7. The van der Waals surface area contributed by atoms with Gasteiger partial charge in [0.15, 0.2) is 5.65 Å². The molecule has 1 atom stereocenters. The average Bonchev–Trinajstić information content (AvgIpc) is 2.92. The Morgan fingerprint density at radius 2 is 2.08 bits per heavy atom. The van der Waals surface area contributed by atoms with Crippen LogP contribution in [-0.4, -0.2) is 26.3 Å². The summed E-state index contributed by atoms with van der Waals surface area (Å²) in [4.78, 5) is 32.6. The largest absolute Gasteiger partial charge is 0.368 e. The summed E-state index contributed by atoms with van der Waals surface area (Å²) in [6, 6.07) is 7.73. The highest BCUT2D eigenvalue weighted by atomic mass is 79.9. The molecule has 3 aromatic rings. The molecule has 1 aromatic carbocycles. The van der Waals surface area contributed by atoms with Gasteiger partial charge >= 0.3 is 0 Å². The molecule has 0 spiro atoms. The number of imidazole rings is 1. The van der Waals surface area contributed by atoms with Crippen molar-refractivity contribution in [2.24, 2.45) is 12.8 Å². The van der Waals surface area contributed by atoms with Crippen LogP contribution in [0.5, 0.6) is 0 Å². The van der Waals surface area contributed by atoms with E-state index < -0.39 is 17.9 Å². The Morgan fingerprint density at radius 3 is 2.79 bits per heavy atom. The molecule has 0 fully saturated rings. The third-order valence-electron chi connectivity index (χ3n) is 3.56. The van der Waals surface area contributed by atoms with Crippen LogP contribution < -0.4 is 11.1 Å². The number of aromatic nitrogens is 3. The van der Waals surface area contributed by atoms with Gasteiger partial charge in [-0.1, -0.05) is 28.1 Å². The molecular weight excluding hydrogens is 374 g/mol. The van der Waals surface area contributed by atoms with Gasteiger partial charge in [0.1, 0.15) is 11.6 Å². The van der Waals surface area contributed by atoms with Gasteiger partial charge in [-0.05, 0) is 23.8 Å². The Hall–Kier alpha value is -2.74. The van der Waals surface area contributed by atoms with E-state index in [9.17, 15) is 9.59 Å². The number of benzene rings is 1. The summed E-state index contributed by atoms with van der Waals surface area (Å²) in [6.07, 6.45) is 3.06. The smallest absolute Gasteiger partial charge is 0.253 e. The predicted octanol–water partition coefficient (Wildman–Crippen LogP) is 1.69. The Kier molecular flexibility index (Phi) is 4.30. The van der Waals surface area contributed by atoms with Crippen molar-refractivity contribution in [1.29, 1.82) is 0 Å². The second kappa shape index (κ2) is 6.40. The number of carbonyl (C=O) groups excluding carboxylic acids is 2. The molecule has 0 aliphatic heterocycles. The number of nitrogens with two attached hydrogens (primary N) is 1. The molecule has 0 aliphatic rings. The van der Waals surface area contributed by atoms with Crippen LogP contribution in [0.4, 0.5) is 0 Å². The van der Waals surface area contributed by atoms with Gasteiger partial charge in [-0.2, -0.15) is 0 Å². The van der Waals surface area contributed by atoms with Gasteiger partial charge in [0.2, 0.25) is 5.91 Å². The first-order valence-electron chi connectivity index (χ1n) is 7.08. The van der Waals surface area contributed by atoms with Crippen molar-refractivity contribution in [3.63, 3.8) is 0 Å². The van der Waals surface area contributed by atoms with Crippen molar-refractivity contribution in [3.8, 4) is 0 Å². The average molecular weight is 388 g/mol. The molecule has 122 valence electrons. The van der Waals surface area contributed by atoms with Crippen molar-refractivity contribution in [3.05, 3.63) is 58.5 Å². The molecule has 0 saturated heterocycles. The number of rotatable bonds is 4. The number of primary amides is 1. The fraction of sp³-hybridized carbons (Fsp3) is 0.125.